The number of carbonyl (C=O) groups is 1. The second-order valence-corrected chi connectivity index (χ2v) is 4.30. The summed E-state index contributed by atoms with van der Waals surface area (Å²) in [5.74, 6) is -0.280. The highest BCUT2D eigenvalue weighted by atomic mass is 35.5. The molecule has 0 atom stereocenters. The lowest BCUT2D eigenvalue weighted by Gasteiger charge is -2.08. The summed E-state index contributed by atoms with van der Waals surface area (Å²) in [6.07, 6.45) is 1.63. The number of benzene rings is 1. The van der Waals surface area contributed by atoms with Crippen LogP contribution < -0.4 is 5.32 Å². The topological polar surface area (TPSA) is 65.8 Å². The molecule has 0 fully saturated rings. The van der Waals surface area contributed by atoms with Gasteiger partial charge < -0.3 is 5.32 Å². The number of carbonyl (C=O) groups excluding carboxylic acids is 1. The van der Waals surface area contributed by atoms with Gasteiger partial charge in [0.15, 0.2) is 0 Å². The summed E-state index contributed by atoms with van der Waals surface area (Å²) in [6, 6.07) is 10.1. The Bertz CT molecular complexity index is 677. The Balaban J connectivity index is 2.25. The van der Waals surface area contributed by atoms with Gasteiger partial charge >= 0.3 is 0 Å². The van der Waals surface area contributed by atoms with Crippen molar-refractivity contribution in [1.29, 1.82) is 5.26 Å². The van der Waals surface area contributed by atoms with E-state index in [0.717, 1.165) is 0 Å². The number of aryl methyl sites for hydroxylation is 1. The Kier molecular flexibility index (Phi) is 3.79. The van der Waals surface area contributed by atoms with Crippen LogP contribution in [0.5, 0.6) is 0 Å². The van der Waals surface area contributed by atoms with E-state index in [2.05, 4.69) is 10.3 Å². The summed E-state index contributed by atoms with van der Waals surface area (Å²) in [4.78, 5) is 16.1. The van der Waals surface area contributed by atoms with Gasteiger partial charge in [-0.1, -0.05) is 11.6 Å². The molecule has 0 radical (unpaired) electrons. The van der Waals surface area contributed by atoms with E-state index in [4.69, 9.17) is 16.9 Å². The number of amides is 1. The Hall–Kier alpha value is -2.38. The lowest BCUT2D eigenvalue weighted by atomic mass is 10.1. The molecule has 1 N–H and O–H groups in total. The normalized spacial score (nSPS) is 9.74. The van der Waals surface area contributed by atoms with Crippen LogP contribution >= 0.6 is 11.6 Å². The highest BCUT2D eigenvalue weighted by molar-refractivity contribution is 6.34. The fourth-order valence-corrected chi connectivity index (χ4v) is 1.83. The lowest BCUT2D eigenvalue weighted by molar-refractivity contribution is 0.102. The first-order valence-electron chi connectivity index (χ1n) is 5.54. The molecule has 4 nitrogen and oxygen atoms in total. The van der Waals surface area contributed by atoms with Gasteiger partial charge in [-0.15, -0.1) is 0 Å². The van der Waals surface area contributed by atoms with Gasteiger partial charge in [0.1, 0.15) is 0 Å². The monoisotopic (exact) mass is 271 g/mol. The Labute approximate surface area is 115 Å². The SMILES string of the molecule is Cc1ncccc1C(=O)Nc1ccc(C#N)cc1Cl. The van der Waals surface area contributed by atoms with E-state index < -0.39 is 0 Å². The summed E-state index contributed by atoms with van der Waals surface area (Å²) in [7, 11) is 0. The Morgan fingerprint density at radius 3 is 2.84 bits per heavy atom. The van der Waals surface area contributed by atoms with E-state index in [1.54, 1.807) is 37.4 Å². The smallest absolute Gasteiger partial charge is 0.257 e. The molecule has 0 aliphatic carbocycles. The lowest BCUT2D eigenvalue weighted by Crippen LogP contribution is -2.14. The summed E-state index contributed by atoms with van der Waals surface area (Å²) < 4.78 is 0. The molecule has 2 rings (SSSR count). The second-order valence-electron chi connectivity index (χ2n) is 3.90. The number of nitrogens with one attached hydrogen (secondary N) is 1. The van der Waals surface area contributed by atoms with Crippen molar-refractivity contribution in [3.63, 3.8) is 0 Å². The number of pyridine rings is 1. The molecule has 0 saturated carbocycles. The number of hydrogen-bond acceptors (Lipinski definition) is 3. The van der Waals surface area contributed by atoms with Crippen molar-refractivity contribution in [2.45, 2.75) is 6.92 Å². The first kappa shape index (κ1) is 13.1. The third kappa shape index (κ3) is 2.90. The predicted octanol–water partition coefficient (Wildman–Crippen LogP) is 3.17. The molecule has 1 aromatic carbocycles. The van der Waals surface area contributed by atoms with Crippen LogP contribution in [0.3, 0.4) is 0 Å². The molecule has 5 heteroatoms. The fourth-order valence-electron chi connectivity index (χ4n) is 1.60. The van der Waals surface area contributed by atoms with Crippen LogP contribution in [0.15, 0.2) is 36.5 Å². The Morgan fingerprint density at radius 1 is 1.42 bits per heavy atom. The van der Waals surface area contributed by atoms with Crippen LogP contribution in [0.25, 0.3) is 0 Å². The fraction of sp³-hybridized carbons (Fsp3) is 0.0714. The van der Waals surface area contributed by atoms with E-state index in [1.165, 1.54) is 6.07 Å². The molecule has 0 spiro atoms. The van der Waals surface area contributed by atoms with Gasteiger partial charge in [0.2, 0.25) is 0 Å². The number of rotatable bonds is 2. The summed E-state index contributed by atoms with van der Waals surface area (Å²) in [5, 5.41) is 11.8. The quantitative estimate of drug-likeness (QED) is 0.912. The van der Waals surface area contributed by atoms with E-state index in [9.17, 15) is 4.79 Å². The first-order chi connectivity index (χ1) is 9.11. The minimum Gasteiger partial charge on any atom is -0.321 e. The number of halogens is 1. The van der Waals surface area contributed by atoms with Crippen molar-refractivity contribution in [2.75, 3.05) is 5.32 Å². The second kappa shape index (κ2) is 5.51. The maximum atomic E-state index is 12.1. The van der Waals surface area contributed by atoms with Crippen LogP contribution in [0, 0.1) is 18.3 Å². The zero-order valence-electron chi connectivity index (χ0n) is 10.1. The van der Waals surface area contributed by atoms with Crippen LogP contribution in [0.2, 0.25) is 5.02 Å². The molecule has 1 amide bonds. The van der Waals surface area contributed by atoms with Gasteiger partial charge in [0, 0.05) is 11.9 Å². The molecular formula is C14H10ClN3O. The molecule has 2 aromatic rings. The third-order valence-corrected chi connectivity index (χ3v) is 2.91. The van der Waals surface area contributed by atoms with Crippen molar-refractivity contribution < 1.29 is 4.79 Å². The van der Waals surface area contributed by atoms with E-state index in [1.807, 2.05) is 6.07 Å². The molecular weight excluding hydrogens is 262 g/mol. The van der Waals surface area contributed by atoms with Gasteiger partial charge in [-0.05, 0) is 37.3 Å². The van der Waals surface area contributed by atoms with Gasteiger partial charge in [-0.25, -0.2) is 0 Å². The summed E-state index contributed by atoms with van der Waals surface area (Å²) in [6.45, 7) is 1.76. The summed E-state index contributed by atoms with van der Waals surface area (Å²) >= 11 is 6.00. The molecule has 0 saturated heterocycles. The molecule has 0 aliphatic rings. The molecule has 0 bridgehead atoms. The van der Waals surface area contributed by atoms with Gasteiger partial charge in [0.05, 0.1) is 27.9 Å². The van der Waals surface area contributed by atoms with E-state index in [0.29, 0.717) is 27.5 Å². The van der Waals surface area contributed by atoms with Crippen LogP contribution in [0.4, 0.5) is 5.69 Å². The van der Waals surface area contributed by atoms with E-state index >= 15 is 0 Å². The first-order valence-corrected chi connectivity index (χ1v) is 5.92. The zero-order valence-corrected chi connectivity index (χ0v) is 10.9. The third-order valence-electron chi connectivity index (χ3n) is 2.60. The molecule has 0 unspecified atom stereocenters. The largest absolute Gasteiger partial charge is 0.321 e. The van der Waals surface area contributed by atoms with Crippen molar-refractivity contribution in [3.8, 4) is 6.07 Å². The van der Waals surface area contributed by atoms with Gasteiger partial charge in [0.25, 0.3) is 5.91 Å². The molecule has 1 aromatic heterocycles. The average Bonchev–Trinajstić information content (AvgIpc) is 2.41. The van der Waals surface area contributed by atoms with E-state index in [-0.39, 0.29) is 5.91 Å². The van der Waals surface area contributed by atoms with Crippen LogP contribution in [-0.2, 0) is 0 Å². The zero-order chi connectivity index (χ0) is 13.8. The van der Waals surface area contributed by atoms with Crippen molar-refractivity contribution >= 4 is 23.2 Å². The minimum absolute atomic E-state index is 0.280. The Morgan fingerprint density at radius 2 is 2.21 bits per heavy atom. The van der Waals surface area contributed by atoms with Crippen molar-refractivity contribution in [1.82, 2.24) is 4.98 Å². The number of nitriles is 1. The van der Waals surface area contributed by atoms with Crippen LogP contribution in [-0.4, -0.2) is 10.9 Å². The number of aromatic nitrogens is 1. The molecule has 1 heterocycles. The minimum atomic E-state index is -0.280. The van der Waals surface area contributed by atoms with Gasteiger partial charge in [-0.2, -0.15) is 5.26 Å². The summed E-state index contributed by atoms with van der Waals surface area (Å²) in [5.41, 5.74) is 2.04. The number of anilines is 1. The van der Waals surface area contributed by atoms with Crippen molar-refractivity contribution in [2.24, 2.45) is 0 Å². The maximum Gasteiger partial charge on any atom is 0.257 e. The maximum absolute atomic E-state index is 12.1. The van der Waals surface area contributed by atoms with Crippen LogP contribution in [0.1, 0.15) is 21.6 Å². The van der Waals surface area contributed by atoms with Crippen molar-refractivity contribution in [3.05, 3.63) is 58.4 Å². The number of hydrogen-bond donors (Lipinski definition) is 1. The highest BCUT2D eigenvalue weighted by Gasteiger charge is 2.11. The molecule has 0 aliphatic heterocycles. The predicted molar refractivity (Wildman–Crippen MR) is 73.1 cm³/mol. The standard InChI is InChI=1S/C14H10ClN3O/c1-9-11(3-2-6-17-9)14(19)18-13-5-4-10(8-16)7-12(13)15/h2-7H,1H3,(H,18,19). The van der Waals surface area contributed by atoms with Gasteiger partial charge in [-0.3, -0.25) is 9.78 Å². The molecule has 94 valence electrons. The number of nitrogens with zero attached hydrogens (tertiary/aromatic N) is 2. The molecule has 19 heavy (non-hydrogen) atoms. The average molecular weight is 272 g/mol. The highest BCUT2D eigenvalue weighted by Crippen LogP contribution is 2.23.